The molecule has 3 aromatic carbocycles. The van der Waals surface area contributed by atoms with Crippen molar-refractivity contribution >= 4 is 5.95 Å². The van der Waals surface area contributed by atoms with Crippen molar-refractivity contribution in [3.63, 3.8) is 0 Å². The summed E-state index contributed by atoms with van der Waals surface area (Å²) in [6.45, 7) is 0.572. The predicted octanol–water partition coefficient (Wildman–Crippen LogP) is 5.59. The Morgan fingerprint density at radius 3 is 2.61 bits per heavy atom. The maximum absolute atomic E-state index is 13.4. The van der Waals surface area contributed by atoms with Gasteiger partial charge in [0.1, 0.15) is 11.6 Å². The van der Waals surface area contributed by atoms with Gasteiger partial charge < -0.3 is 10.1 Å². The monoisotopic (exact) mass is 411 g/mol. The fourth-order valence-electron chi connectivity index (χ4n) is 4.24. The van der Waals surface area contributed by atoms with Gasteiger partial charge in [-0.05, 0) is 41.3 Å². The molecular weight excluding hydrogens is 389 g/mol. The highest BCUT2D eigenvalue weighted by Gasteiger charge is 2.27. The van der Waals surface area contributed by atoms with Gasteiger partial charge >= 0.3 is 0 Å². The van der Waals surface area contributed by atoms with Crippen LogP contribution in [0.25, 0.3) is 11.3 Å². The van der Waals surface area contributed by atoms with Crippen LogP contribution < -0.4 is 10.1 Å². The number of hydrogen-bond donors (Lipinski definition) is 1. The minimum absolute atomic E-state index is 0.153. The van der Waals surface area contributed by atoms with Crippen LogP contribution in [-0.4, -0.2) is 17.1 Å². The molecule has 0 radical (unpaired) electrons. The number of para-hydroxylation sites is 1. The summed E-state index contributed by atoms with van der Waals surface area (Å²) in [5.41, 5.74) is 6.49. The Kier molecular flexibility index (Phi) is 5.08. The molecule has 31 heavy (non-hydrogen) atoms. The molecule has 0 saturated heterocycles. The number of hydrogen-bond acceptors (Lipinski definition) is 4. The molecule has 154 valence electrons. The van der Waals surface area contributed by atoms with Crippen LogP contribution >= 0.6 is 0 Å². The molecule has 0 amide bonds. The molecule has 5 heteroatoms. The van der Waals surface area contributed by atoms with E-state index in [1.807, 2.05) is 54.7 Å². The first-order chi connectivity index (χ1) is 15.2. The third kappa shape index (κ3) is 3.75. The molecule has 4 nitrogen and oxygen atoms in total. The average molecular weight is 411 g/mol. The van der Waals surface area contributed by atoms with Gasteiger partial charge in [0, 0.05) is 29.8 Å². The number of nitrogens with one attached hydrogen (secondary N) is 1. The van der Waals surface area contributed by atoms with E-state index in [-0.39, 0.29) is 11.7 Å². The molecule has 1 unspecified atom stereocenters. The molecular formula is C26H22FN3O. The minimum atomic E-state index is -0.220. The minimum Gasteiger partial charge on any atom is -0.496 e. The fourth-order valence-corrected chi connectivity index (χ4v) is 4.24. The summed E-state index contributed by atoms with van der Waals surface area (Å²) in [5, 5.41) is 3.32. The lowest BCUT2D eigenvalue weighted by atomic mass is 9.78. The van der Waals surface area contributed by atoms with Crippen molar-refractivity contribution < 1.29 is 9.13 Å². The Morgan fingerprint density at radius 2 is 1.77 bits per heavy atom. The highest BCUT2D eigenvalue weighted by atomic mass is 19.1. The number of fused-ring (bicyclic) bond motifs is 3. The number of halogens is 1. The average Bonchev–Trinajstić information content (AvgIpc) is 2.83. The van der Waals surface area contributed by atoms with Crippen LogP contribution in [-0.2, 0) is 13.0 Å². The van der Waals surface area contributed by atoms with Gasteiger partial charge in [0.2, 0.25) is 5.95 Å². The van der Waals surface area contributed by atoms with Crippen molar-refractivity contribution in [1.82, 2.24) is 9.97 Å². The smallest absolute Gasteiger partial charge is 0.223 e. The van der Waals surface area contributed by atoms with Gasteiger partial charge in [0.15, 0.2) is 0 Å². The summed E-state index contributed by atoms with van der Waals surface area (Å²) in [6.07, 6.45) is 2.68. The molecule has 1 N–H and O–H groups in total. The lowest BCUT2D eigenvalue weighted by molar-refractivity contribution is 0.410. The highest BCUT2D eigenvalue weighted by Crippen LogP contribution is 2.41. The van der Waals surface area contributed by atoms with Crippen molar-refractivity contribution in [2.45, 2.75) is 18.9 Å². The Morgan fingerprint density at radius 1 is 1.00 bits per heavy atom. The van der Waals surface area contributed by atoms with Crippen LogP contribution in [0.1, 0.15) is 28.2 Å². The van der Waals surface area contributed by atoms with Gasteiger partial charge in [-0.3, -0.25) is 0 Å². The van der Waals surface area contributed by atoms with E-state index in [4.69, 9.17) is 9.72 Å². The second-order valence-electron chi connectivity index (χ2n) is 7.63. The molecule has 4 aromatic rings. The molecule has 1 aromatic heterocycles. The zero-order valence-electron chi connectivity index (χ0n) is 17.2. The molecule has 1 atom stereocenters. The van der Waals surface area contributed by atoms with Crippen LogP contribution in [0.4, 0.5) is 10.3 Å². The van der Waals surface area contributed by atoms with Crippen LogP contribution in [0.15, 0.2) is 79.0 Å². The normalized spacial score (nSPS) is 14.5. The SMILES string of the molecule is COc1ccccc1CNc1ncc2c(n1)-c1ccccc1C(c1ccc(F)cc1)C2. The molecule has 5 rings (SSSR count). The Labute approximate surface area is 180 Å². The van der Waals surface area contributed by atoms with Crippen LogP contribution in [0.5, 0.6) is 5.75 Å². The summed E-state index contributed by atoms with van der Waals surface area (Å²) in [6, 6.07) is 23.0. The zero-order valence-corrected chi connectivity index (χ0v) is 17.2. The molecule has 0 fully saturated rings. The fraction of sp³-hybridized carbons (Fsp3) is 0.154. The molecule has 1 heterocycles. The van der Waals surface area contributed by atoms with Crippen molar-refractivity contribution in [1.29, 1.82) is 0 Å². The summed E-state index contributed by atoms with van der Waals surface area (Å²) >= 11 is 0. The number of aromatic nitrogens is 2. The first kappa shape index (κ1) is 19.2. The van der Waals surface area contributed by atoms with Crippen LogP contribution in [0.2, 0.25) is 0 Å². The molecule has 0 spiro atoms. The number of rotatable bonds is 5. The van der Waals surface area contributed by atoms with E-state index < -0.39 is 0 Å². The highest BCUT2D eigenvalue weighted by molar-refractivity contribution is 5.72. The van der Waals surface area contributed by atoms with E-state index >= 15 is 0 Å². The van der Waals surface area contributed by atoms with E-state index in [0.29, 0.717) is 12.5 Å². The van der Waals surface area contributed by atoms with E-state index in [1.54, 1.807) is 7.11 Å². The molecule has 0 bridgehead atoms. The van der Waals surface area contributed by atoms with Crippen molar-refractivity contribution in [2.75, 3.05) is 12.4 Å². The van der Waals surface area contributed by atoms with Crippen molar-refractivity contribution in [2.24, 2.45) is 0 Å². The third-order valence-corrected chi connectivity index (χ3v) is 5.78. The van der Waals surface area contributed by atoms with Crippen LogP contribution in [0, 0.1) is 5.82 Å². The van der Waals surface area contributed by atoms with Gasteiger partial charge in [-0.15, -0.1) is 0 Å². The van der Waals surface area contributed by atoms with Crippen molar-refractivity contribution in [3.8, 4) is 17.0 Å². The molecule has 0 aliphatic heterocycles. The van der Waals surface area contributed by atoms with E-state index in [0.717, 1.165) is 40.1 Å². The standard InChI is InChI=1S/C26H22FN3O/c1-31-24-9-5-2-6-18(24)15-28-26-29-16-19-14-23(17-10-12-20(27)13-11-17)21-7-3-4-8-22(21)25(19)30-26/h2-13,16,23H,14-15H2,1H3,(H,28,29,30). The maximum Gasteiger partial charge on any atom is 0.223 e. The number of nitrogens with zero attached hydrogens (tertiary/aromatic N) is 2. The summed E-state index contributed by atoms with van der Waals surface area (Å²) in [7, 11) is 1.67. The van der Waals surface area contributed by atoms with E-state index in [9.17, 15) is 4.39 Å². The third-order valence-electron chi connectivity index (χ3n) is 5.78. The van der Waals surface area contributed by atoms with Gasteiger partial charge in [-0.2, -0.15) is 0 Å². The lowest BCUT2D eigenvalue weighted by Crippen LogP contribution is -2.15. The summed E-state index contributed by atoms with van der Waals surface area (Å²) in [4.78, 5) is 9.40. The van der Waals surface area contributed by atoms with E-state index in [1.165, 1.54) is 17.7 Å². The zero-order chi connectivity index (χ0) is 21.2. The maximum atomic E-state index is 13.4. The topological polar surface area (TPSA) is 47.0 Å². The second-order valence-corrected chi connectivity index (χ2v) is 7.63. The number of anilines is 1. The van der Waals surface area contributed by atoms with Gasteiger partial charge in [0.25, 0.3) is 0 Å². The Hall–Kier alpha value is -3.73. The Balaban J connectivity index is 1.46. The second kappa shape index (κ2) is 8.19. The molecule has 0 saturated carbocycles. The first-order valence-corrected chi connectivity index (χ1v) is 10.3. The van der Waals surface area contributed by atoms with E-state index in [2.05, 4.69) is 22.4 Å². The van der Waals surface area contributed by atoms with Crippen molar-refractivity contribution in [3.05, 3.63) is 107 Å². The first-order valence-electron chi connectivity index (χ1n) is 10.3. The molecule has 1 aliphatic carbocycles. The van der Waals surface area contributed by atoms with Crippen LogP contribution in [0.3, 0.4) is 0 Å². The van der Waals surface area contributed by atoms with Gasteiger partial charge in [-0.1, -0.05) is 54.6 Å². The quantitative estimate of drug-likeness (QED) is 0.465. The van der Waals surface area contributed by atoms with Gasteiger partial charge in [-0.25, -0.2) is 14.4 Å². The predicted molar refractivity (Wildman–Crippen MR) is 120 cm³/mol. The number of ether oxygens (including phenoxy) is 1. The summed E-state index contributed by atoms with van der Waals surface area (Å²) < 4.78 is 18.9. The molecule has 1 aliphatic rings. The number of methoxy groups -OCH3 is 1. The van der Waals surface area contributed by atoms with Gasteiger partial charge in [0.05, 0.1) is 12.8 Å². The Bertz CT molecular complexity index is 1220. The largest absolute Gasteiger partial charge is 0.496 e. The lowest BCUT2D eigenvalue weighted by Gasteiger charge is -2.27. The summed E-state index contributed by atoms with van der Waals surface area (Å²) in [5.74, 6) is 1.35. The number of benzene rings is 3.